The number of aromatic hydroxyl groups is 1. The lowest BCUT2D eigenvalue weighted by Crippen LogP contribution is -2.41. The Morgan fingerprint density at radius 3 is 2.47 bits per heavy atom. The van der Waals surface area contributed by atoms with Crippen molar-refractivity contribution in [2.24, 2.45) is 0 Å². The van der Waals surface area contributed by atoms with E-state index >= 15 is 0 Å². The van der Waals surface area contributed by atoms with Crippen molar-refractivity contribution in [2.45, 2.75) is 13.1 Å². The number of alkyl halides is 1. The van der Waals surface area contributed by atoms with E-state index in [2.05, 4.69) is 5.32 Å². The standard InChI is InChI=1S/C26H24ClN3O6/c1-35-18-11-9-17(10-12-18)16-30-25(33)19-5-4-7-21(31)24(19)29(26(30)34)13-14-36-22-8-3-2-6-20(22)28-23(32)15-27/h2-12,31H,13-16H2,1H3,(H,28,32). The Hall–Kier alpha value is -4.24. The van der Waals surface area contributed by atoms with E-state index in [1.165, 1.54) is 10.6 Å². The highest BCUT2D eigenvalue weighted by molar-refractivity contribution is 6.29. The summed E-state index contributed by atoms with van der Waals surface area (Å²) in [4.78, 5) is 38.3. The van der Waals surface area contributed by atoms with E-state index in [9.17, 15) is 19.5 Å². The number of carbonyl (C=O) groups is 1. The first-order chi connectivity index (χ1) is 17.4. The van der Waals surface area contributed by atoms with Crippen LogP contribution in [0.1, 0.15) is 5.56 Å². The van der Waals surface area contributed by atoms with Crippen LogP contribution in [0, 0.1) is 0 Å². The third kappa shape index (κ3) is 5.21. The zero-order chi connectivity index (χ0) is 25.7. The molecule has 4 rings (SSSR count). The molecule has 0 saturated heterocycles. The molecular formula is C26H24ClN3O6. The van der Waals surface area contributed by atoms with Crippen LogP contribution in [0.5, 0.6) is 17.2 Å². The molecule has 0 aliphatic heterocycles. The van der Waals surface area contributed by atoms with Gasteiger partial charge in [-0.3, -0.25) is 18.7 Å². The van der Waals surface area contributed by atoms with Crippen LogP contribution < -0.4 is 26.0 Å². The highest BCUT2D eigenvalue weighted by atomic mass is 35.5. The monoisotopic (exact) mass is 509 g/mol. The molecule has 9 nitrogen and oxygen atoms in total. The number of ether oxygens (including phenoxy) is 2. The minimum absolute atomic E-state index is 0.0256. The van der Waals surface area contributed by atoms with Gasteiger partial charge < -0.3 is 19.9 Å². The van der Waals surface area contributed by atoms with Crippen molar-refractivity contribution in [1.29, 1.82) is 0 Å². The van der Waals surface area contributed by atoms with E-state index in [0.29, 0.717) is 17.2 Å². The minimum atomic E-state index is -0.586. The maximum atomic E-state index is 13.4. The predicted octanol–water partition coefficient (Wildman–Crippen LogP) is 3.18. The molecule has 0 saturated carbocycles. The maximum absolute atomic E-state index is 13.4. The van der Waals surface area contributed by atoms with Gasteiger partial charge >= 0.3 is 5.69 Å². The zero-order valence-corrected chi connectivity index (χ0v) is 20.2. The summed E-state index contributed by atoms with van der Waals surface area (Å²) in [6, 6.07) is 18.4. The van der Waals surface area contributed by atoms with E-state index in [1.54, 1.807) is 67.8 Å². The van der Waals surface area contributed by atoms with Crippen molar-refractivity contribution in [1.82, 2.24) is 9.13 Å². The van der Waals surface area contributed by atoms with Crippen LogP contribution in [0.2, 0.25) is 0 Å². The third-order valence-corrected chi connectivity index (χ3v) is 5.82. The van der Waals surface area contributed by atoms with Gasteiger partial charge in [0.05, 0.1) is 31.3 Å². The Bertz CT molecular complexity index is 1510. The number of methoxy groups -OCH3 is 1. The number of aromatic nitrogens is 2. The van der Waals surface area contributed by atoms with Gasteiger partial charge in [-0.15, -0.1) is 11.6 Å². The zero-order valence-electron chi connectivity index (χ0n) is 19.4. The Morgan fingerprint density at radius 1 is 1.00 bits per heavy atom. The van der Waals surface area contributed by atoms with E-state index in [4.69, 9.17) is 21.1 Å². The molecule has 2 N–H and O–H groups in total. The molecule has 4 aromatic rings. The van der Waals surface area contributed by atoms with Crippen molar-refractivity contribution in [2.75, 3.05) is 24.9 Å². The number of amides is 1. The Morgan fingerprint density at radius 2 is 1.75 bits per heavy atom. The fourth-order valence-corrected chi connectivity index (χ4v) is 3.91. The topological polar surface area (TPSA) is 112 Å². The molecule has 0 spiro atoms. The van der Waals surface area contributed by atoms with Crippen molar-refractivity contribution in [3.8, 4) is 17.2 Å². The van der Waals surface area contributed by atoms with Gasteiger partial charge in [0.15, 0.2) is 0 Å². The lowest BCUT2D eigenvalue weighted by molar-refractivity contribution is -0.113. The number of carbonyl (C=O) groups excluding carboxylic acids is 1. The maximum Gasteiger partial charge on any atom is 0.332 e. The Balaban J connectivity index is 1.68. The second-order valence-electron chi connectivity index (χ2n) is 7.87. The molecule has 1 heterocycles. The van der Waals surface area contributed by atoms with E-state index in [-0.39, 0.29) is 48.1 Å². The second kappa shape index (κ2) is 11.0. The molecule has 0 aliphatic carbocycles. The van der Waals surface area contributed by atoms with Crippen molar-refractivity contribution >= 4 is 34.1 Å². The summed E-state index contributed by atoms with van der Waals surface area (Å²) in [7, 11) is 1.56. The minimum Gasteiger partial charge on any atom is -0.506 e. The van der Waals surface area contributed by atoms with Gasteiger partial charge in [-0.1, -0.05) is 30.3 Å². The Labute approximate surface area is 211 Å². The average Bonchev–Trinajstić information content (AvgIpc) is 2.90. The third-order valence-electron chi connectivity index (χ3n) is 5.58. The molecule has 36 heavy (non-hydrogen) atoms. The summed E-state index contributed by atoms with van der Waals surface area (Å²) in [5.41, 5.74) is 0.213. The number of phenols is 1. The Kier molecular flexibility index (Phi) is 7.60. The van der Waals surface area contributed by atoms with Gasteiger partial charge in [-0.2, -0.15) is 0 Å². The smallest absolute Gasteiger partial charge is 0.332 e. The van der Waals surface area contributed by atoms with Crippen LogP contribution >= 0.6 is 11.6 Å². The van der Waals surface area contributed by atoms with E-state index in [1.807, 2.05) is 0 Å². The number of hydrogen-bond donors (Lipinski definition) is 2. The van der Waals surface area contributed by atoms with Crippen LogP contribution in [-0.4, -0.2) is 39.7 Å². The van der Waals surface area contributed by atoms with Crippen LogP contribution in [0.4, 0.5) is 5.69 Å². The summed E-state index contributed by atoms with van der Waals surface area (Å²) in [6.45, 7) is 0.104. The number of anilines is 1. The van der Waals surface area contributed by atoms with Gasteiger partial charge in [-0.05, 0) is 42.0 Å². The first kappa shape index (κ1) is 24.9. The summed E-state index contributed by atoms with van der Waals surface area (Å²) < 4.78 is 13.4. The molecule has 10 heteroatoms. The van der Waals surface area contributed by atoms with Gasteiger partial charge in [0.25, 0.3) is 5.56 Å². The summed E-state index contributed by atoms with van der Waals surface area (Å²) in [6.07, 6.45) is 0. The number of benzene rings is 3. The lowest BCUT2D eigenvalue weighted by Gasteiger charge is -2.16. The largest absolute Gasteiger partial charge is 0.506 e. The first-order valence-electron chi connectivity index (χ1n) is 11.1. The average molecular weight is 510 g/mol. The van der Waals surface area contributed by atoms with Gasteiger partial charge in [0.1, 0.15) is 35.3 Å². The molecule has 3 aromatic carbocycles. The normalized spacial score (nSPS) is 10.8. The van der Waals surface area contributed by atoms with Gasteiger partial charge in [0, 0.05) is 0 Å². The summed E-state index contributed by atoms with van der Waals surface area (Å²) in [5, 5.41) is 13.4. The van der Waals surface area contributed by atoms with Gasteiger partial charge in [0.2, 0.25) is 5.91 Å². The van der Waals surface area contributed by atoms with E-state index < -0.39 is 11.2 Å². The van der Waals surface area contributed by atoms with Crippen LogP contribution in [0.15, 0.2) is 76.3 Å². The fourth-order valence-electron chi connectivity index (χ4n) is 3.85. The number of phenolic OH excluding ortho intramolecular Hbond substituents is 1. The molecule has 0 aliphatic rings. The van der Waals surface area contributed by atoms with Gasteiger partial charge in [-0.25, -0.2) is 4.79 Å². The second-order valence-corrected chi connectivity index (χ2v) is 8.14. The number of hydrogen-bond acceptors (Lipinski definition) is 6. The number of nitrogens with zero attached hydrogens (tertiary/aromatic N) is 2. The van der Waals surface area contributed by atoms with Crippen LogP contribution in [-0.2, 0) is 17.9 Å². The molecule has 186 valence electrons. The van der Waals surface area contributed by atoms with Crippen LogP contribution in [0.3, 0.4) is 0 Å². The molecule has 1 aromatic heterocycles. The number of nitrogens with one attached hydrogen (secondary N) is 1. The highest BCUT2D eigenvalue weighted by Gasteiger charge is 2.17. The molecule has 0 radical (unpaired) electrons. The van der Waals surface area contributed by atoms with Crippen molar-refractivity contribution in [3.63, 3.8) is 0 Å². The number of halogens is 1. The molecular weight excluding hydrogens is 486 g/mol. The quantitative estimate of drug-likeness (QED) is 0.335. The molecule has 0 unspecified atom stereocenters. The SMILES string of the molecule is COc1ccc(Cn2c(=O)c3cccc(O)c3n(CCOc3ccccc3NC(=O)CCl)c2=O)cc1. The number of rotatable bonds is 9. The number of fused-ring (bicyclic) bond motifs is 1. The summed E-state index contributed by atoms with van der Waals surface area (Å²) >= 11 is 5.58. The predicted molar refractivity (Wildman–Crippen MR) is 138 cm³/mol. The molecule has 1 amide bonds. The molecule has 0 bridgehead atoms. The molecule has 0 fully saturated rings. The van der Waals surface area contributed by atoms with Crippen LogP contribution in [0.25, 0.3) is 10.9 Å². The molecule has 0 atom stereocenters. The fraction of sp³-hybridized carbons (Fsp3) is 0.192. The van der Waals surface area contributed by atoms with E-state index in [0.717, 1.165) is 10.1 Å². The highest BCUT2D eigenvalue weighted by Crippen LogP contribution is 2.25. The first-order valence-corrected chi connectivity index (χ1v) is 11.6. The van der Waals surface area contributed by atoms with Crippen molar-refractivity contribution < 1.29 is 19.4 Å². The summed E-state index contributed by atoms with van der Waals surface area (Å²) in [5.74, 6) is 0.277. The van der Waals surface area contributed by atoms with Crippen molar-refractivity contribution in [3.05, 3.63) is 93.1 Å². The number of para-hydroxylation sites is 3. The lowest BCUT2D eigenvalue weighted by atomic mass is 10.2.